The molecule has 3 heteroatoms. The summed E-state index contributed by atoms with van der Waals surface area (Å²) >= 11 is 0. The maximum absolute atomic E-state index is 7.31. The maximum Gasteiger partial charge on any atom is 0.140 e. The second-order valence-corrected chi connectivity index (χ2v) is 24.6. The van der Waals surface area contributed by atoms with Crippen molar-refractivity contribution in [3.8, 4) is 56.0 Å². The minimum atomic E-state index is -0.657. The van der Waals surface area contributed by atoms with E-state index in [-0.39, 0.29) is 0 Å². The molecule has 0 unspecified atom stereocenters. The van der Waals surface area contributed by atoms with E-state index >= 15 is 0 Å². The van der Waals surface area contributed by atoms with E-state index in [0.717, 1.165) is 100 Å². The van der Waals surface area contributed by atoms with Crippen LogP contribution in [0.15, 0.2) is 340 Å². The Balaban J connectivity index is 0.796. The molecule has 0 bridgehead atoms. The van der Waals surface area contributed by atoms with Crippen LogP contribution in [-0.2, 0) is 10.8 Å². The Morgan fingerprint density at radius 2 is 0.826 bits per heavy atom. The molecule has 2 heterocycles. The van der Waals surface area contributed by atoms with Crippen molar-refractivity contribution in [3.05, 3.63) is 385 Å². The van der Waals surface area contributed by atoms with Crippen LogP contribution in [-0.4, -0.2) is 4.57 Å². The fourth-order valence-electron chi connectivity index (χ4n) is 16.1. The van der Waals surface area contributed by atoms with Crippen LogP contribution >= 0.6 is 0 Å². The predicted molar refractivity (Wildman–Crippen MR) is 384 cm³/mol. The molecule has 1 aromatic heterocycles. The van der Waals surface area contributed by atoms with E-state index < -0.39 is 10.8 Å². The third kappa shape index (κ3) is 7.69. The zero-order valence-corrected chi connectivity index (χ0v) is 50.8. The van der Waals surface area contributed by atoms with E-state index in [4.69, 9.17) is 4.74 Å². The molecule has 432 valence electrons. The van der Waals surface area contributed by atoms with Gasteiger partial charge in [0.05, 0.1) is 21.9 Å². The first-order valence-electron chi connectivity index (χ1n) is 31.9. The predicted octanol–water partition coefficient (Wildman–Crippen LogP) is 23.3. The van der Waals surface area contributed by atoms with E-state index in [0.29, 0.717) is 0 Å². The molecule has 0 fully saturated rings. The van der Waals surface area contributed by atoms with Gasteiger partial charge in [0.15, 0.2) is 0 Å². The number of para-hydroxylation sites is 1. The van der Waals surface area contributed by atoms with Gasteiger partial charge in [0.2, 0.25) is 0 Å². The quantitative estimate of drug-likeness (QED) is 0.127. The Hall–Kier alpha value is -11.8. The van der Waals surface area contributed by atoms with Gasteiger partial charge in [-0.25, -0.2) is 0 Å². The lowest BCUT2D eigenvalue weighted by molar-refractivity contribution is 0.447. The molecular formula is C89H60N2O. The molecule has 0 atom stereocenters. The zero-order chi connectivity index (χ0) is 61.1. The molecule has 92 heavy (non-hydrogen) atoms. The average molecular weight is 1170 g/mol. The van der Waals surface area contributed by atoms with Crippen molar-refractivity contribution < 1.29 is 4.74 Å². The Kier molecular flexibility index (Phi) is 12.1. The van der Waals surface area contributed by atoms with E-state index in [9.17, 15) is 0 Å². The van der Waals surface area contributed by atoms with Crippen LogP contribution in [0.2, 0.25) is 0 Å². The fraction of sp³-hybridized carbons (Fsp3) is 0.0337. The monoisotopic (exact) mass is 1170 g/mol. The molecule has 0 saturated heterocycles. The number of benzene rings is 14. The van der Waals surface area contributed by atoms with Crippen LogP contribution in [0, 0.1) is 0 Å². The largest absolute Gasteiger partial charge is 0.455 e. The summed E-state index contributed by atoms with van der Waals surface area (Å²) in [5, 5.41) is 6.94. The molecule has 3 aliphatic rings. The standard InChI is InChI=1S/C89H60N2O/c1-3-21-66(22-4-2)91-84-36-20-17-33-75(84)77-55-62(44-54-85(77)91)58-37-45-67(46-38-58)90(69-49-53-80-76(57-69)73-32-16-18-34-78(73)88(80,64-25-7-5-8-26-64)65-27-9-6-10-28-65)68-47-39-59(40-48-68)63-41-50-74-72-31-15-19-35-79(72)89(83(74)56-63)81-51-42-60-23-11-13-29-70(60)86(81)92-87-71-30-14-12-24-61(71)43-52-82(87)89/h3-57H,1H2,2H3/b22-4-,66-21+. The van der Waals surface area contributed by atoms with Crippen molar-refractivity contribution in [3.63, 3.8) is 0 Å². The van der Waals surface area contributed by atoms with Gasteiger partial charge in [-0.1, -0.05) is 267 Å². The highest BCUT2D eigenvalue weighted by Gasteiger charge is 2.52. The molecule has 1 aliphatic heterocycles. The first kappa shape index (κ1) is 53.3. The van der Waals surface area contributed by atoms with E-state index in [1.165, 1.54) is 66.4 Å². The van der Waals surface area contributed by atoms with Crippen LogP contribution in [0.25, 0.3) is 93.6 Å². The summed E-state index contributed by atoms with van der Waals surface area (Å²) < 4.78 is 9.65. The van der Waals surface area contributed by atoms with Gasteiger partial charge >= 0.3 is 0 Å². The Labute approximate surface area is 535 Å². The number of aromatic nitrogens is 1. The lowest BCUT2D eigenvalue weighted by atomic mass is 9.65. The van der Waals surface area contributed by atoms with Crippen molar-refractivity contribution in [1.82, 2.24) is 4.57 Å². The number of fused-ring (bicyclic) bond motifs is 19. The highest BCUT2D eigenvalue weighted by Crippen LogP contribution is 2.65. The normalized spacial score (nSPS) is 13.8. The van der Waals surface area contributed by atoms with Gasteiger partial charge < -0.3 is 14.2 Å². The molecule has 18 rings (SSSR count). The third-order valence-electron chi connectivity index (χ3n) is 20.0. The molecule has 14 aromatic carbocycles. The summed E-state index contributed by atoms with van der Waals surface area (Å²) in [5.41, 5.74) is 24.8. The molecule has 2 aliphatic carbocycles. The van der Waals surface area contributed by atoms with Crippen molar-refractivity contribution in [2.45, 2.75) is 17.8 Å². The van der Waals surface area contributed by atoms with E-state index in [1.54, 1.807) is 0 Å². The number of hydrogen-bond acceptors (Lipinski definition) is 2. The number of rotatable bonds is 10. The summed E-state index contributed by atoms with van der Waals surface area (Å²) in [6.45, 7) is 6.12. The average Bonchev–Trinajstić information content (AvgIpc) is 1.40. The van der Waals surface area contributed by atoms with Crippen LogP contribution in [0.5, 0.6) is 11.5 Å². The molecule has 0 amide bonds. The van der Waals surface area contributed by atoms with Gasteiger partial charge in [0.25, 0.3) is 0 Å². The lowest BCUT2D eigenvalue weighted by Gasteiger charge is -2.40. The summed E-state index contributed by atoms with van der Waals surface area (Å²) in [7, 11) is 0. The Morgan fingerprint density at radius 3 is 1.45 bits per heavy atom. The topological polar surface area (TPSA) is 17.4 Å². The SMILES string of the molecule is C=C/C=C(\C=C/C)n1c2ccccc2c2cc(-c3ccc(N(c4ccc(-c5ccc6c(c5)C5(c7ccccc7-6)c6ccc7ccccc7c6Oc6c5ccc5ccccc65)cc4)c4ccc5c(c4)-c4ccccc4C5(c4ccccc4)c4ccccc4)cc3)ccc21. The molecule has 3 nitrogen and oxygen atoms in total. The molecule has 0 saturated carbocycles. The number of allylic oxidation sites excluding steroid dienone is 5. The van der Waals surface area contributed by atoms with Gasteiger partial charge in [-0.3, -0.25) is 0 Å². The van der Waals surface area contributed by atoms with Crippen LogP contribution in [0.1, 0.15) is 51.4 Å². The number of hydrogen-bond donors (Lipinski definition) is 0. The smallest absolute Gasteiger partial charge is 0.140 e. The summed E-state index contributed by atoms with van der Waals surface area (Å²) in [5.74, 6) is 1.83. The molecular weight excluding hydrogens is 1110 g/mol. The van der Waals surface area contributed by atoms with Gasteiger partial charge in [-0.15, -0.1) is 0 Å². The minimum absolute atomic E-state index is 0.517. The lowest BCUT2D eigenvalue weighted by Crippen LogP contribution is -2.32. The molecule has 0 N–H and O–H groups in total. The highest BCUT2D eigenvalue weighted by molar-refractivity contribution is 6.12. The van der Waals surface area contributed by atoms with E-state index in [1.807, 2.05) is 6.08 Å². The Morgan fingerprint density at radius 1 is 0.359 bits per heavy atom. The molecule has 15 aromatic rings. The van der Waals surface area contributed by atoms with E-state index in [2.05, 4.69) is 351 Å². The van der Waals surface area contributed by atoms with Crippen molar-refractivity contribution in [2.24, 2.45) is 0 Å². The molecule has 0 radical (unpaired) electrons. The van der Waals surface area contributed by atoms with Crippen molar-refractivity contribution in [1.29, 1.82) is 0 Å². The van der Waals surface area contributed by atoms with Crippen LogP contribution in [0.3, 0.4) is 0 Å². The first-order valence-corrected chi connectivity index (χ1v) is 31.9. The molecule has 1 spiro atoms. The van der Waals surface area contributed by atoms with Gasteiger partial charge in [-0.2, -0.15) is 0 Å². The highest BCUT2D eigenvalue weighted by atomic mass is 16.5. The van der Waals surface area contributed by atoms with Gasteiger partial charge in [0.1, 0.15) is 11.5 Å². The number of nitrogens with zero attached hydrogens (tertiary/aromatic N) is 2. The number of anilines is 3. The second-order valence-electron chi connectivity index (χ2n) is 24.6. The summed E-state index contributed by atoms with van der Waals surface area (Å²) in [6.07, 6.45) is 8.18. The van der Waals surface area contributed by atoms with Crippen LogP contribution < -0.4 is 9.64 Å². The summed E-state index contributed by atoms with van der Waals surface area (Å²) in [4.78, 5) is 2.44. The third-order valence-corrected chi connectivity index (χ3v) is 20.0. The minimum Gasteiger partial charge on any atom is -0.455 e. The zero-order valence-electron chi connectivity index (χ0n) is 50.8. The van der Waals surface area contributed by atoms with Crippen LogP contribution in [0.4, 0.5) is 17.1 Å². The first-order chi connectivity index (χ1) is 45.5. The maximum atomic E-state index is 7.31. The van der Waals surface area contributed by atoms with Crippen molar-refractivity contribution >= 4 is 66.1 Å². The Bertz CT molecular complexity index is 5450. The van der Waals surface area contributed by atoms with Crippen molar-refractivity contribution in [2.75, 3.05) is 4.90 Å². The fourth-order valence-corrected chi connectivity index (χ4v) is 16.1. The summed E-state index contributed by atoms with van der Waals surface area (Å²) in [6, 6.07) is 115. The number of ether oxygens (including phenoxy) is 1. The van der Waals surface area contributed by atoms with Gasteiger partial charge in [-0.05, 0) is 168 Å². The van der Waals surface area contributed by atoms with Gasteiger partial charge in [0, 0.05) is 55.4 Å². The second kappa shape index (κ2) is 20.9.